The van der Waals surface area contributed by atoms with Crippen molar-refractivity contribution in [3.63, 3.8) is 0 Å². The monoisotopic (exact) mass is 395 g/mol. The number of nitrogens with two attached hydrogens (primary N) is 1. The van der Waals surface area contributed by atoms with Crippen LogP contribution in [-0.2, 0) is 14.2 Å². The quantitative estimate of drug-likeness (QED) is 0.501. The molecule has 2 saturated heterocycles. The van der Waals surface area contributed by atoms with E-state index < -0.39 is 0 Å². The van der Waals surface area contributed by atoms with Crippen molar-refractivity contribution in [1.29, 1.82) is 0 Å². The number of nitrogens with zero attached hydrogens (tertiary/aromatic N) is 5. The SMILES string of the molecule is NCCOCCOCCNc1nc(N2CCCCC2)nc(N2CCOCC2)n1. The lowest BCUT2D eigenvalue weighted by atomic mass is 10.1. The van der Waals surface area contributed by atoms with Crippen LogP contribution in [0, 0.1) is 0 Å². The molecular formula is C18H33N7O3. The van der Waals surface area contributed by atoms with Crippen LogP contribution >= 0.6 is 0 Å². The highest BCUT2D eigenvalue weighted by molar-refractivity contribution is 5.45. The van der Waals surface area contributed by atoms with Gasteiger partial charge in [0.1, 0.15) is 0 Å². The third-order valence-corrected chi connectivity index (χ3v) is 4.71. The molecule has 0 bridgehead atoms. The van der Waals surface area contributed by atoms with Crippen molar-refractivity contribution in [2.45, 2.75) is 19.3 Å². The van der Waals surface area contributed by atoms with E-state index in [1.165, 1.54) is 19.3 Å². The molecule has 1 aromatic heterocycles. The Morgan fingerprint density at radius 2 is 1.46 bits per heavy atom. The molecule has 0 saturated carbocycles. The smallest absolute Gasteiger partial charge is 0.232 e. The van der Waals surface area contributed by atoms with Crippen LogP contribution < -0.4 is 20.9 Å². The number of piperidine rings is 1. The Hall–Kier alpha value is -1.75. The highest BCUT2D eigenvalue weighted by Gasteiger charge is 2.20. The summed E-state index contributed by atoms with van der Waals surface area (Å²) in [7, 11) is 0. The van der Waals surface area contributed by atoms with E-state index in [4.69, 9.17) is 24.9 Å². The Balaban J connectivity index is 1.55. The van der Waals surface area contributed by atoms with Gasteiger partial charge in [0.15, 0.2) is 0 Å². The van der Waals surface area contributed by atoms with Crippen molar-refractivity contribution >= 4 is 17.8 Å². The maximum atomic E-state index is 5.56. The van der Waals surface area contributed by atoms with E-state index in [0.29, 0.717) is 58.7 Å². The predicted octanol–water partition coefficient (Wildman–Crippen LogP) is 0.102. The summed E-state index contributed by atoms with van der Waals surface area (Å²) in [5.41, 5.74) is 5.38. The summed E-state index contributed by atoms with van der Waals surface area (Å²) in [6, 6.07) is 0. The summed E-state index contributed by atoms with van der Waals surface area (Å²) in [5.74, 6) is 2.08. The molecule has 0 unspecified atom stereocenters. The van der Waals surface area contributed by atoms with E-state index in [1.807, 2.05) is 0 Å². The molecule has 28 heavy (non-hydrogen) atoms. The Labute approximate surface area is 166 Å². The molecule has 0 atom stereocenters. The van der Waals surface area contributed by atoms with Gasteiger partial charge in [-0.25, -0.2) is 0 Å². The zero-order chi connectivity index (χ0) is 19.4. The Morgan fingerprint density at radius 1 is 0.821 bits per heavy atom. The van der Waals surface area contributed by atoms with Gasteiger partial charge in [-0.1, -0.05) is 0 Å². The Kier molecular flexibility index (Phi) is 8.95. The van der Waals surface area contributed by atoms with Gasteiger partial charge in [0.2, 0.25) is 17.8 Å². The molecule has 0 aromatic carbocycles. The minimum Gasteiger partial charge on any atom is -0.378 e. The van der Waals surface area contributed by atoms with E-state index in [9.17, 15) is 0 Å². The fourth-order valence-corrected chi connectivity index (χ4v) is 3.21. The number of ether oxygens (including phenoxy) is 3. The summed E-state index contributed by atoms with van der Waals surface area (Å²) in [6.07, 6.45) is 3.64. The summed E-state index contributed by atoms with van der Waals surface area (Å²) >= 11 is 0. The van der Waals surface area contributed by atoms with Crippen LogP contribution in [0.15, 0.2) is 0 Å². The lowest BCUT2D eigenvalue weighted by Gasteiger charge is -2.30. The summed E-state index contributed by atoms with van der Waals surface area (Å²) in [4.78, 5) is 18.4. The zero-order valence-electron chi connectivity index (χ0n) is 16.6. The zero-order valence-corrected chi connectivity index (χ0v) is 16.6. The van der Waals surface area contributed by atoms with E-state index in [0.717, 1.165) is 38.1 Å². The van der Waals surface area contributed by atoms with Crippen LogP contribution in [0.3, 0.4) is 0 Å². The van der Waals surface area contributed by atoms with Crippen molar-refractivity contribution < 1.29 is 14.2 Å². The van der Waals surface area contributed by atoms with Crippen molar-refractivity contribution in [2.75, 3.05) is 94.0 Å². The Bertz CT molecular complexity index is 530. The molecule has 0 amide bonds. The molecule has 2 aliphatic heterocycles. The van der Waals surface area contributed by atoms with Gasteiger partial charge in [0, 0.05) is 39.3 Å². The topological polar surface area (TPSA) is 111 Å². The molecule has 0 spiro atoms. The normalized spacial score (nSPS) is 17.8. The van der Waals surface area contributed by atoms with E-state index >= 15 is 0 Å². The fourth-order valence-electron chi connectivity index (χ4n) is 3.21. The highest BCUT2D eigenvalue weighted by atomic mass is 16.5. The lowest BCUT2D eigenvalue weighted by Crippen LogP contribution is -2.38. The maximum Gasteiger partial charge on any atom is 0.232 e. The molecule has 0 radical (unpaired) electrons. The van der Waals surface area contributed by atoms with Crippen LogP contribution in [-0.4, -0.2) is 93.9 Å². The first kappa shape index (κ1) is 21.0. The minimum absolute atomic E-state index is 0.533. The van der Waals surface area contributed by atoms with Crippen LogP contribution in [0.5, 0.6) is 0 Å². The Morgan fingerprint density at radius 3 is 2.14 bits per heavy atom. The van der Waals surface area contributed by atoms with E-state index in [2.05, 4.69) is 25.1 Å². The second-order valence-electron chi connectivity index (χ2n) is 6.85. The van der Waals surface area contributed by atoms with Gasteiger partial charge in [-0.05, 0) is 19.3 Å². The second-order valence-corrected chi connectivity index (χ2v) is 6.85. The third kappa shape index (κ3) is 6.69. The molecule has 3 rings (SSSR count). The largest absolute Gasteiger partial charge is 0.378 e. The van der Waals surface area contributed by atoms with Crippen LogP contribution in [0.1, 0.15) is 19.3 Å². The van der Waals surface area contributed by atoms with Crippen molar-refractivity contribution in [3.05, 3.63) is 0 Å². The van der Waals surface area contributed by atoms with Crippen LogP contribution in [0.25, 0.3) is 0 Å². The summed E-state index contributed by atoms with van der Waals surface area (Å²) in [5, 5.41) is 3.27. The number of nitrogens with one attached hydrogen (secondary N) is 1. The molecule has 3 N–H and O–H groups in total. The third-order valence-electron chi connectivity index (χ3n) is 4.71. The van der Waals surface area contributed by atoms with Gasteiger partial charge >= 0.3 is 0 Å². The van der Waals surface area contributed by atoms with Crippen LogP contribution in [0.4, 0.5) is 17.8 Å². The van der Waals surface area contributed by atoms with Gasteiger partial charge in [-0.15, -0.1) is 0 Å². The minimum atomic E-state index is 0.533. The first-order chi connectivity index (χ1) is 13.9. The van der Waals surface area contributed by atoms with Crippen molar-refractivity contribution in [2.24, 2.45) is 5.73 Å². The molecule has 1 aromatic rings. The number of hydrogen-bond acceptors (Lipinski definition) is 10. The van der Waals surface area contributed by atoms with Crippen LogP contribution in [0.2, 0.25) is 0 Å². The number of hydrogen-bond donors (Lipinski definition) is 2. The molecule has 10 heteroatoms. The van der Waals surface area contributed by atoms with Gasteiger partial charge in [-0.3, -0.25) is 0 Å². The highest BCUT2D eigenvalue weighted by Crippen LogP contribution is 2.20. The van der Waals surface area contributed by atoms with Gasteiger partial charge in [0.25, 0.3) is 0 Å². The van der Waals surface area contributed by atoms with Crippen molar-refractivity contribution in [3.8, 4) is 0 Å². The lowest BCUT2D eigenvalue weighted by molar-refractivity contribution is 0.0547. The average Bonchev–Trinajstić information content (AvgIpc) is 2.76. The molecule has 10 nitrogen and oxygen atoms in total. The van der Waals surface area contributed by atoms with E-state index in [1.54, 1.807) is 0 Å². The molecule has 0 aliphatic carbocycles. The molecule has 2 aliphatic rings. The van der Waals surface area contributed by atoms with Gasteiger partial charge in [-0.2, -0.15) is 15.0 Å². The molecular weight excluding hydrogens is 362 g/mol. The number of morpholine rings is 1. The van der Waals surface area contributed by atoms with Gasteiger partial charge in [0.05, 0.1) is 39.6 Å². The maximum absolute atomic E-state index is 5.56. The number of aromatic nitrogens is 3. The molecule has 2 fully saturated rings. The number of rotatable bonds is 11. The second kappa shape index (κ2) is 11.9. The number of anilines is 3. The van der Waals surface area contributed by atoms with E-state index in [-0.39, 0.29) is 0 Å². The first-order valence-electron chi connectivity index (χ1n) is 10.3. The predicted molar refractivity (Wildman–Crippen MR) is 108 cm³/mol. The molecule has 158 valence electrons. The molecule has 3 heterocycles. The summed E-state index contributed by atoms with van der Waals surface area (Å²) < 4.78 is 16.3. The summed E-state index contributed by atoms with van der Waals surface area (Å²) in [6.45, 7) is 8.40. The van der Waals surface area contributed by atoms with Gasteiger partial charge < -0.3 is 35.1 Å². The fraction of sp³-hybridized carbons (Fsp3) is 0.833. The standard InChI is InChI=1S/C18H33N7O3/c19-4-10-26-14-15-27-11-5-20-16-21-17(24-6-2-1-3-7-24)23-18(22-16)25-8-12-28-13-9-25/h1-15,19H2,(H,20,21,22,23). The first-order valence-corrected chi connectivity index (χ1v) is 10.3. The van der Waals surface area contributed by atoms with Crippen molar-refractivity contribution in [1.82, 2.24) is 15.0 Å². The average molecular weight is 396 g/mol.